The minimum atomic E-state index is -3.72. The van der Waals surface area contributed by atoms with Crippen molar-refractivity contribution in [1.82, 2.24) is 9.62 Å². The van der Waals surface area contributed by atoms with Gasteiger partial charge in [-0.05, 0) is 79.8 Å². The Kier molecular flexibility index (Phi) is 7.23. The van der Waals surface area contributed by atoms with Gasteiger partial charge in [-0.3, -0.25) is 4.79 Å². The Labute approximate surface area is 196 Å². The third kappa shape index (κ3) is 4.87. The van der Waals surface area contributed by atoms with Gasteiger partial charge < -0.3 is 5.32 Å². The number of sulfonamides is 1. The Bertz CT molecular complexity index is 1090. The first-order valence-electron chi connectivity index (χ1n) is 11.6. The lowest BCUT2D eigenvalue weighted by atomic mass is 9.88. The normalized spacial score (nSPS) is 18.1. The second-order valence-corrected chi connectivity index (χ2v) is 11.1. The Morgan fingerprint density at radius 2 is 1.72 bits per heavy atom. The fourth-order valence-corrected chi connectivity index (χ4v) is 6.74. The molecule has 2 aromatic rings. The summed E-state index contributed by atoms with van der Waals surface area (Å²) in [6.07, 6.45) is 8.12. The maximum absolute atomic E-state index is 13.1. The minimum absolute atomic E-state index is 0.00976. The number of carbonyl (C=O) groups excluding carboxylic acids is 1. The number of halogens is 1. The van der Waals surface area contributed by atoms with Gasteiger partial charge in [0.05, 0.1) is 11.1 Å². The molecule has 2 aliphatic rings. The number of aryl methyl sites for hydroxylation is 2. The fourth-order valence-electron chi connectivity index (χ4n) is 4.72. The van der Waals surface area contributed by atoms with Crippen molar-refractivity contribution in [2.24, 2.45) is 0 Å². The van der Waals surface area contributed by atoms with Crippen LogP contribution in [0.4, 0.5) is 0 Å². The molecule has 0 aromatic heterocycles. The average Bonchev–Trinajstić information content (AvgIpc) is 2.82. The lowest BCUT2D eigenvalue weighted by Gasteiger charge is -2.26. The largest absolute Gasteiger partial charge is 0.345 e. The van der Waals surface area contributed by atoms with Crippen molar-refractivity contribution in [3.8, 4) is 0 Å². The van der Waals surface area contributed by atoms with Gasteiger partial charge >= 0.3 is 0 Å². The van der Waals surface area contributed by atoms with Crippen molar-refractivity contribution in [3.05, 3.63) is 63.7 Å². The molecule has 0 unspecified atom stereocenters. The highest BCUT2D eigenvalue weighted by Crippen LogP contribution is 2.29. The van der Waals surface area contributed by atoms with E-state index in [1.54, 1.807) is 6.07 Å². The van der Waals surface area contributed by atoms with Gasteiger partial charge in [-0.25, -0.2) is 8.42 Å². The number of benzene rings is 2. The summed E-state index contributed by atoms with van der Waals surface area (Å²) in [6, 6.07) is 10.9. The highest BCUT2D eigenvalue weighted by Gasteiger charge is 2.29. The molecule has 1 N–H and O–H groups in total. The van der Waals surface area contributed by atoms with E-state index >= 15 is 0 Å². The zero-order chi connectivity index (χ0) is 22.7. The molecular formula is C25H31ClN2O3S. The molecule has 32 heavy (non-hydrogen) atoms. The molecule has 7 heteroatoms. The zero-order valence-corrected chi connectivity index (χ0v) is 20.1. The molecule has 1 amide bonds. The van der Waals surface area contributed by atoms with Crippen LogP contribution in [0.3, 0.4) is 0 Å². The van der Waals surface area contributed by atoms with Gasteiger partial charge in [0.2, 0.25) is 10.0 Å². The van der Waals surface area contributed by atoms with Gasteiger partial charge in [0.1, 0.15) is 4.90 Å². The van der Waals surface area contributed by atoms with Crippen LogP contribution in [0.15, 0.2) is 41.3 Å². The topological polar surface area (TPSA) is 66.5 Å². The molecular weight excluding hydrogens is 444 g/mol. The Balaban J connectivity index is 1.56. The van der Waals surface area contributed by atoms with E-state index in [1.165, 1.54) is 40.4 Å². The molecule has 1 atom stereocenters. The molecule has 172 valence electrons. The van der Waals surface area contributed by atoms with Crippen LogP contribution < -0.4 is 5.32 Å². The van der Waals surface area contributed by atoms with Crippen molar-refractivity contribution in [2.75, 3.05) is 13.1 Å². The summed E-state index contributed by atoms with van der Waals surface area (Å²) in [5, 5.41) is 3.24. The molecule has 0 spiro atoms. The molecule has 1 aliphatic heterocycles. The monoisotopic (exact) mass is 474 g/mol. The highest BCUT2D eigenvalue weighted by atomic mass is 35.5. The number of amides is 1. The second kappa shape index (κ2) is 9.94. The van der Waals surface area contributed by atoms with E-state index in [9.17, 15) is 13.2 Å². The van der Waals surface area contributed by atoms with Crippen molar-refractivity contribution in [3.63, 3.8) is 0 Å². The number of hydrogen-bond acceptors (Lipinski definition) is 3. The quantitative estimate of drug-likeness (QED) is 0.619. The first kappa shape index (κ1) is 23.3. The number of hydrogen-bond donors (Lipinski definition) is 1. The van der Waals surface area contributed by atoms with Gasteiger partial charge in [-0.1, -0.05) is 43.1 Å². The summed E-state index contributed by atoms with van der Waals surface area (Å²) in [7, 11) is -3.72. The number of nitrogens with zero attached hydrogens (tertiary/aromatic N) is 1. The van der Waals surface area contributed by atoms with Gasteiger partial charge in [-0.2, -0.15) is 4.31 Å². The maximum Gasteiger partial charge on any atom is 0.251 e. The lowest BCUT2D eigenvalue weighted by molar-refractivity contribution is 0.0935. The highest BCUT2D eigenvalue weighted by molar-refractivity contribution is 7.89. The third-order valence-electron chi connectivity index (χ3n) is 6.61. The van der Waals surface area contributed by atoms with Crippen molar-refractivity contribution in [1.29, 1.82) is 0 Å². The van der Waals surface area contributed by atoms with Crippen LogP contribution in [0.5, 0.6) is 0 Å². The first-order valence-corrected chi connectivity index (χ1v) is 13.4. The SMILES string of the molecule is CC[C@H](NC(=O)c1ccc(Cl)c(S(=O)(=O)N2CCCCC2)c1)c1ccc2c(c1)CCCC2. The van der Waals surface area contributed by atoms with Gasteiger partial charge in [0, 0.05) is 18.7 Å². The molecule has 5 nitrogen and oxygen atoms in total. The summed E-state index contributed by atoms with van der Waals surface area (Å²) in [5.41, 5.74) is 4.19. The Hall–Kier alpha value is -1.89. The van der Waals surface area contributed by atoms with Gasteiger partial charge in [0.15, 0.2) is 0 Å². The van der Waals surface area contributed by atoms with E-state index < -0.39 is 10.0 Å². The van der Waals surface area contributed by atoms with E-state index in [2.05, 4.69) is 23.5 Å². The van der Waals surface area contributed by atoms with E-state index in [1.807, 2.05) is 6.92 Å². The van der Waals surface area contributed by atoms with Gasteiger partial charge in [-0.15, -0.1) is 0 Å². The molecule has 4 rings (SSSR count). The molecule has 0 radical (unpaired) electrons. The molecule has 0 saturated carbocycles. The average molecular weight is 475 g/mol. The fraction of sp³-hybridized carbons (Fsp3) is 0.480. The molecule has 0 bridgehead atoms. The van der Waals surface area contributed by atoms with Crippen LogP contribution in [0.1, 0.15) is 78.5 Å². The summed E-state index contributed by atoms with van der Waals surface area (Å²) in [5.74, 6) is -0.290. The maximum atomic E-state index is 13.1. The first-order chi connectivity index (χ1) is 15.4. The molecule has 1 heterocycles. The number of carbonyl (C=O) groups is 1. The Morgan fingerprint density at radius 3 is 2.44 bits per heavy atom. The number of fused-ring (bicyclic) bond motifs is 1. The van der Waals surface area contributed by atoms with E-state index in [0.717, 1.165) is 44.1 Å². The molecule has 1 fully saturated rings. The van der Waals surface area contributed by atoms with Crippen molar-refractivity contribution < 1.29 is 13.2 Å². The third-order valence-corrected chi connectivity index (χ3v) is 8.99. The smallest absolute Gasteiger partial charge is 0.251 e. The zero-order valence-electron chi connectivity index (χ0n) is 18.6. The van der Waals surface area contributed by atoms with Crippen LogP contribution in [-0.4, -0.2) is 31.7 Å². The predicted molar refractivity (Wildman–Crippen MR) is 128 cm³/mol. The number of rotatable bonds is 6. The summed E-state index contributed by atoms with van der Waals surface area (Å²) >= 11 is 6.26. The Morgan fingerprint density at radius 1 is 1.00 bits per heavy atom. The van der Waals surface area contributed by atoms with E-state index in [-0.39, 0.29) is 21.9 Å². The standard InChI is InChI=1S/C25H31ClN2O3S/c1-2-23(20-11-10-18-8-4-5-9-19(18)16-20)27-25(29)21-12-13-22(26)24(17-21)32(30,31)28-14-6-3-7-15-28/h10-13,16-17,23H,2-9,14-15H2,1H3,(H,27,29)/t23-/m0/s1. The van der Waals surface area contributed by atoms with Crippen LogP contribution in [0, 0.1) is 0 Å². The molecule has 1 saturated heterocycles. The molecule has 1 aliphatic carbocycles. The lowest BCUT2D eigenvalue weighted by Crippen LogP contribution is -2.36. The predicted octanol–water partition coefficient (Wildman–Crippen LogP) is 5.27. The summed E-state index contributed by atoms with van der Waals surface area (Å²) < 4.78 is 27.7. The van der Waals surface area contributed by atoms with Crippen LogP contribution >= 0.6 is 11.6 Å². The summed E-state index contributed by atoms with van der Waals surface area (Å²) in [4.78, 5) is 13.1. The van der Waals surface area contributed by atoms with Gasteiger partial charge in [0.25, 0.3) is 5.91 Å². The second-order valence-electron chi connectivity index (χ2n) is 8.78. The number of piperidine rings is 1. The van der Waals surface area contributed by atoms with E-state index in [0.29, 0.717) is 18.7 Å². The van der Waals surface area contributed by atoms with E-state index in [4.69, 9.17) is 11.6 Å². The minimum Gasteiger partial charge on any atom is -0.345 e. The van der Waals surface area contributed by atoms with Crippen LogP contribution in [0.25, 0.3) is 0 Å². The summed E-state index contributed by atoms with van der Waals surface area (Å²) in [6.45, 7) is 3.02. The van der Waals surface area contributed by atoms with Crippen LogP contribution in [-0.2, 0) is 22.9 Å². The van der Waals surface area contributed by atoms with Crippen molar-refractivity contribution in [2.45, 2.75) is 69.2 Å². The van der Waals surface area contributed by atoms with Crippen molar-refractivity contribution >= 4 is 27.5 Å². The molecule has 2 aromatic carbocycles. The van der Waals surface area contributed by atoms with Crippen LogP contribution in [0.2, 0.25) is 5.02 Å². The number of nitrogens with one attached hydrogen (secondary N) is 1.